The number of hydrogen-bond donors (Lipinski definition) is 1. The average Bonchev–Trinajstić information content (AvgIpc) is 2.48. The average molecular weight is 258 g/mol. The summed E-state index contributed by atoms with van der Waals surface area (Å²) in [5.41, 5.74) is 2.14. The molecule has 0 amide bonds. The summed E-state index contributed by atoms with van der Waals surface area (Å²) in [6.45, 7) is 1.08. The zero-order valence-corrected chi connectivity index (χ0v) is 11.2. The standard InChI is InChI=1S/C15H18N2O2/c1-16-15-13(6-4-8-17-15)11-19-10-12-5-3-7-14(9-12)18-2/h3-9H,10-11H2,1-2H3,(H,16,17). The number of ether oxygens (including phenoxy) is 2. The van der Waals surface area contributed by atoms with Crippen LogP contribution in [0.5, 0.6) is 5.75 Å². The van der Waals surface area contributed by atoms with Crippen molar-refractivity contribution in [2.24, 2.45) is 0 Å². The van der Waals surface area contributed by atoms with Crippen molar-refractivity contribution in [2.45, 2.75) is 13.2 Å². The summed E-state index contributed by atoms with van der Waals surface area (Å²) in [5, 5.41) is 3.05. The van der Waals surface area contributed by atoms with Crippen LogP contribution in [0.25, 0.3) is 0 Å². The van der Waals surface area contributed by atoms with Crippen LogP contribution in [0.1, 0.15) is 11.1 Å². The van der Waals surface area contributed by atoms with Crippen molar-refractivity contribution in [3.63, 3.8) is 0 Å². The minimum absolute atomic E-state index is 0.529. The maximum Gasteiger partial charge on any atom is 0.131 e. The van der Waals surface area contributed by atoms with E-state index in [0.29, 0.717) is 13.2 Å². The van der Waals surface area contributed by atoms with Gasteiger partial charge in [0.25, 0.3) is 0 Å². The van der Waals surface area contributed by atoms with E-state index in [1.807, 2.05) is 43.4 Å². The molecule has 0 aliphatic rings. The van der Waals surface area contributed by atoms with Gasteiger partial charge in [0.1, 0.15) is 11.6 Å². The molecule has 0 saturated heterocycles. The van der Waals surface area contributed by atoms with Crippen LogP contribution in [-0.2, 0) is 18.0 Å². The Bertz CT molecular complexity index is 529. The maximum absolute atomic E-state index is 5.71. The number of nitrogens with one attached hydrogen (secondary N) is 1. The lowest BCUT2D eigenvalue weighted by Gasteiger charge is -2.09. The molecule has 4 nitrogen and oxygen atoms in total. The van der Waals surface area contributed by atoms with Crippen molar-refractivity contribution in [1.82, 2.24) is 4.98 Å². The normalized spacial score (nSPS) is 10.2. The molecule has 19 heavy (non-hydrogen) atoms. The number of methoxy groups -OCH3 is 1. The first-order valence-corrected chi connectivity index (χ1v) is 6.16. The third-order valence-electron chi connectivity index (χ3n) is 2.79. The van der Waals surface area contributed by atoms with Crippen molar-refractivity contribution < 1.29 is 9.47 Å². The Morgan fingerprint density at radius 2 is 2.05 bits per heavy atom. The lowest BCUT2D eigenvalue weighted by Crippen LogP contribution is -2.01. The van der Waals surface area contributed by atoms with E-state index in [1.54, 1.807) is 13.3 Å². The zero-order chi connectivity index (χ0) is 13.5. The second kappa shape index (κ2) is 6.75. The van der Waals surface area contributed by atoms with Crippen molar-refractivity contribution in [3.8, 4) is 5.75 Å². The number of anilines is 1. The predicted octanol–water partition coefficient (Wildman–Crippen LogP) is 2.85. The highest BCUT2D eigenvalue weighted by Gasteiger charge is 2.02. The molecule has 0 saturated carbocycles. The smallest absolute Gasteiger partial charge is 0.131 e. The van der Waals surface area contributed by atoms with Crippen LogP contribution in [0.15, 0.2) is 42.6 Å². The highest BCUT2D eigenvalue weighted by Crippen LogP contribution is 2.16. The van der Waals surface area contributed by atoms with E-state index >= 15 is 0 Å². The van der Waals surface area contributed by atoms with E-state index in [4.69, 9.17) is 9.47 Å². The van der Waals surface area contributed by atoms with Gasteiger partial charge in [-0.2, -0.15) is 0 Å². The lowest BCUT2D eigenvalue weighted by atomic mass is 10.2. The molecule has 0 fully saturated rings. The predicted molar refractivity (Wildman–Crippen MR) is 75.3 cm³/mol. The van der Waals surface area contributed by atoms with E-state index in [9.17, 15) is 0 Å². The van der Waals surface area contributed by atoms with E-state index in [2.05, 4.69) is 10.3 Å². The SMILES string of the molecule is CNc1ncccc1COCc1cccc(OC)c1. The minimum Gasteiger partial charge on any atom is -0.497 e. The van der Waals surface area contributed by atoms with Crippen LogP contribution < -0.4 is 10.1 Å². The van der Waals surface area contributed by atoms with Gasteiger partial charge in [-0.25, -0.2) is 4.98 Å². The summed E-state index contributed by atoms with van der Waals surface area (Å²) in [6, 6.07) is 11.8. The van der Waals surface area contributed by atoms with Gasteiger partial charge in [-0.3, -0.25) is 0 Å². The monoisotopic (exact) mass is 258 g/mol. The Morgan fingerprint density at radius 3 is 2.84 bits per heavy atom. The van der Waals surface area contributed by atoms with Gasteiger partial charge in [-0.15, -0.1) is 0 Å². The molecule has 0 spiro atoms. The van der Waals surface area contributed by atoms with Gasteiger partial charge in [0.15, 0.2) is 0 Å². The van der Waals surface area contributed by atoms with Gasteiger partial charge in [-0.1, -0.05) is 18.2 Å². The Hall–Kier alpha value is -2.07. The van der Waals surface area contributed by atoms with Crippen molar-refractivity contribution in [2.75, 3.05) is 19.5 Å². The molecule has 1 N–H and O–H groups in total. The van der Waals surface area contributed by atoms with E-state index < -0.39 is 0 Å². The third kappa shape index (κ3) is 3.69. The second-order valence-corrected chi connectivity index (χ2v) is 4.11. The molecule has 2 aromatic rings. The molecule has 0 aliphatic heterocycles. The number of benzene rings is 1. The molecule has 0 bridgehead atoms. The molecule has 100 valence electrons. The van der Waals surface area contributed by atoms with E-state index in [1.165, 1.54) is 0 Å². The quantitative estimate of drug-likeness (QED) is 0.865. The summed E-state index contributed by atoms with van der Waals surface area (Å²) in [4.78, 5) is 4.24. The molecular formula is C15H18N2O2. The Balaban J connectivity index is 1.92. The fourth-order valence-corrected chi connectivity index (χ4v) is 1.82. The Morgan fingerprint density at radius 1 is 1.16 bits per heavy atom. The molecule has 1 heterocycles. The van der Waals surface area contributed by atoms with E-state index in [-0.39, 0.29) is 0 Å². The van der Waals surface area contributed by atoms with E-state index in [0.717, 1.165) is 22.7 Å². The highest BCUT2D eigenvalue weighted by molar-refractivity contribution is 5.42. The van der Waals surface area contributed by atoms with Gasteiger partial charge < -0.3 is 14.8 Å². The van der Waals surface area contributed by atoms with Crippen LogP contribution in [0.3, 0.4) is 0 Å². The molecule has 1 aromatic heterocycles. The molecule has 0 radical (unpaired) electrons. The van der Waals surface area contributed by atoms with Crippen LogP contribution >= 0.6 is 0 Å². The van der Waals surface area contributed by atoms with Crippen LogP contribution in [0.4, 0.5) is 5.82 Å². The number of aromatic nitrogens is 1. The number of hydrogen-bond acceptors (Lipinski definition) is 4. The Labute approximate surface area is 113 Å². The third-order valence-corrected chi connectivity index (χ3v) is 2.79. The van der Waals surface area contributed by atoms with Gasteiger partial charge in [0.05, 0.1) is 20.3 Å². The van der Waals surface area contributed by atoms with Crippen molar-refractivity contribution in [1.29, 1.82) is 0 Å². The van der Waals surface area contributed by atoms with Crippen LogP contribution in [0, 0.1) is 0 Å². The Kier molecular flexibility index (Phi) is 4.75. The minimum atomic E-state index is 0.529. The summed E-state index contributed by atoms with van der Waals surface area (Å²) < 4.78 is 10.9. The summed E-state index contributed by atoms with van der Waals surface area (Å²) >= 11 is 0. The largest absolute Gasteiger partial charge is 0.497 e. The van der Waals surface area contributed by atoms with Crippen molar-refractivity contribution in [3.05, 3.63) is 53.7 Å². The zero-order valence-electron chi connectivity index (χ0n) is 11.2. The summed E-state index contributed by atoms with van der Waals surface area (Å²) in [6.07, 6.45) is 1.76. The number of rotatable bonds is 6. The molecule has 4 heteroatoms. The first kappa shape index (κ1) is 13.4. The first-order chi connectivity index (χ1) is 9.33. The topological polar surface area (TPSA) is 43.4 Å². The molecule has 2 rings (SSSR count). The maximum atomic E-state index is 5.71. The summed E-state index contributed by atoms with van der Waals surface area (Å²) in [7, 11) is 3.52. The van der Waals surface area contributed by atoms with Gasteiger partial charge in [0, 0.05) is 18.8 Å². The fraction of sp³-hybridized carbons (Fsp3) is 0.267. The van der Waals surface area contributed by atoms with Crippen LogP contribution in [-0.4, -0.2) is 19.1 Å². The molecule has 0 atom stereocenters. The molecule has 1 aromatic carbocycles. The summed E-state index contributed by atoms with van der Waals surface area (Å²) in [5.74, 6) is 1.70. The van der Waals surface area contributed by atoms with Gasteiger partial charge >= 0.3 is 0 Å². The number of nitrogens with zero attached hydrogens (tertiary/aromatic N) is 1. The fourth-order valence-electron chi connectivity index (χ4n) is 1.82. The second-order valence-electron chi connectivity index (χ2n) is 4.11. The molecular weight excluding hydrogens is 240 g/mol. The highest BCUT2D eigenvalue weighted by atomic mass is 16.5. The van der Waals surface area contributed by atoms with Gasteiger partial charge in [-0.05, 0) is 23.8 Å². The first-order valence-electron chi connectivity index (χ1n) is 6.16. The van der Waals surface area contributed by atoms with Crippen molar-refractivity contribution >= 4 is 5.82 Å². The lowest BCUT2D eigenvalue weighted by molar-refractivity contribution is 0.107. The number of pyridine rings is 1. The molecule has 0 unspecified atom stereocenters. The molecule has 0 aliphatic carbocycles. The van der Waals surface area contributed by atoms with Gasteiger partial charge in [0.2, 0.25) is 0 Å². The van der Waals surface area contributed by atoms with Crippen LogP contribution in [0.2, 0.25) is 0 Å².